The Labute approximate surface area is 125 Å². The van der Waals surface area contributed by atoms with Crippen molar-refractivity contribution in [3.8, 4) is 0 Å². The molecule has 0 amide bonds. The highest BCUT2D eigenvalue weighted by atomic mass is 32.1. The van der Waals surface area contributed by atoms with Crippen LogP contribution in [0.2, 0.25) is 0 Å². The van der Waals surface area contributed by atoms with E-state index in [2.05, 4.69) is 11.7 Å². The summed E-state index contributed by atoms with van der Waals surface area (Å²) in [6.45, 7) is 2.20. The minimum Gasteiger partial charge on any atom is -0.469 e. The zero-order valence-corrected chi connectivity index (χ0v) is 13.3. The van der Waals surface area contributed by atoms with Crippen molar-refractivity contribution in [2.75, 3.05) is 7.11 Å². The molecule has 112 valence electrons. The zero-order valence-electron chi connectivity index (χ0n) is 12.4. The van der Waals surface area contributed by atoms with Crippen LogP contribution in [0.15, 0.2) is 12.1 Å². The lowest BCUT2D eigenvalue weighted by atomic mass is 10.1. The number of esters is 1. The summed E-state index contributed by atoms with van der Waals surface area (Å²) in [6.07, 6.45) is 7.99. The van der Waals surface area contributed by atoms with Crippen LogP contribution in [0.25, 0.3) is 0 Å². The minimum absolute atomic E-state index is 0.196. The van der Waals surface area contributed by atoms with Crippen LogP contribution >= 0.6 is 11.3 Å². The Morgan fingerprint density at radius 3 is 2.50 bits per heavy atom. The van der Waals surface area contributed by atoms with Gasteiger partial charge in [-0.3, -0.25) is 9.59 Å². The highest BCUT2D eigenvalue weighted by molar-refractivity contribution is 7.14. The van der Waals surface area contributed by atoms with E-state index in [1.54, 1.807) is 0 Å². The fourth-order valence-electron chi connectivity index (χ4n) is 2.03. The van der Waals surface area contributed by atoms with Crippen LogP contribution in [0.4, 0.5) is 0 Å². The summed E-state index contributed by atoms with van der Waals surface area (Å²) in [5, 5.41) is 0. The molecular formula is C16H24O3S. The third-order valence-electron chi connectivity index (χ3n) is 3.24. The second kappa shape index (κ2) is 9.70. The molecule has 4 heteroatoms. The molecule has 0 aliphatic rings. The first-order valence-electron chi connectivity index (χ1n) is 7.36. The Bertz CT molecular complexity index is 423. The number of ketones is 1. The largest absolute Gasteiger partial charge is 0.469 e. The number of hydrogen-bond acceptors (Lipinski definition) is 4. The number of methoxy groups -OCH3 is 1. The van der Waals surface area contributed by atoms with E-state index >= 15 is 0 Å². The highest BCUT2D eigenvalue weighted by Crippen LogP contribution is 2.20. The van der Waals surface area contributed by atoms with Gasteiger partial charge in [0.15, 0.2) is 5.78 Å². The smallest absolute Gasteiger partial charge is 0.310 e. The van der Waals surface area contributed by atoms with Crippen LogP contribution in [0, 0.1) is 0 Å². The van der Waals surface area contributed by atoms with Crippen molar-refractivity contribution in [1.82, 2.24) is 0 Å². The van der Waals surface area contributed by atoms with Crippen molar-refractivity contribution < 1.29 is 14.3 Å². The maximum absolute atomic E-state index is 12.0. The highest BCUT2D eigenvalue weighted by Gasteiger charge is 2.11. The van der Waals surface area contributed by atoms with Crippen LogP contribution < -0.4 is 0 Å². The van der Waals surface area contributed by atoms with Crippen LogP contribution in [-0.2, 0) is 16.0 Å². The molecule has 0 unspecified atom stereocenters. The molecule has 0 atom stereocenters. The van der Waals surface area contributed by atoms with Gasteiger partial charge in [0.1, 0.15) is 0 Å². The molecule has 0 fully saturated rings. The minimum atomic E-state index is -0.262. The van der Waals surface area contributed by atoms with Gasteiger partial charge in [0.25, 0.3) is 0 Å². The van der Waals surface area contributed by atoms with E-state index < -0.39 is 0 Å². The molecule has 0 N–H and O–H groups in total. The van der Waals surface area contributed by atoms with Gasteiger partial charge in [-0.25, -0.2) is 0 Å². The molecule has 0 bridgehead atoms. The summed E-state index contributed by atoms with van der Waals surface area (Å²) >= 11 is 1.41. The number of ether oxygens (including phenoxy) is 1. The third-order valence-corrected chi connectivity index (χ3v) is 4.37. The van der Waals surface area contributed by atoms with Crippen LogP contribution in [-0.4, -0.2) is 18.9 Å². The van der Waals surface area contributed by atoms with E-state index in [0.717, 1.165) is 22.6 Å². The lowest BCUT2D eigenvalue weighted by molar-refractivity contribution is -0.139. The fraction of sp³-hybridized carbons (Fsp3) is 0.625. The standard InChI is InChI=1S/C16H24O3S/c1-3-4-5-6-7-8-9-14(17)15-11-10-13(20-15)12-16(18)19-2/h10-11H,3-9,12H2,1-2H3. The summed E-state index contributed by atoms with van der Waals surface area (Å²) in [6, 6.07) is 3.67. The summed E-state index contributed by atoms with van der Waals surface area (Å²) in [5.74, 6) is -0.0663. The van der Waals surface area contributed by atoms with Gasteiger partial charge in [0, 0.05) is 11.3 Å². The molecule has 0 aliphatic heterocycles. The first kappa shape index (κ1) is 16.9. The number of rotatable bonds is 10. The van der Waals surface area contributed by atoms with Gasteiger partial charge in [-0.05, 0) is 18.6 Å². The SMILES string of the molecule is CCCCCCCCC(=O)c1ccc(CC(=O)OC)s1. The number of thiophene rings is 1. The summed E-state index contributed by atoms with van der Waals surface area (Å²) in [4.78, 5) is 24.8. The zero-order chi connectivity index (χ0) is 14.8. The number of carbonyl (C=O) groups is 2. The van der Waals surface area contributed by atoms with E-state index in [-0.39, 0.29) is 18.2 Å². The third kappa shape index (κ3) is 6.33. The maximum Gasteiger partial charge on any atom is 0.310 e. The van der Waals surface area contributed by atoms with Crippen molar-refractivity contribution in [2.45, 2.75) is 58.3 Å². The van der Waals surface area contributed by atoms with Gasteiger partial charge < -0.3 is 4.74 Å². The average Bonchev–Trinajstić information content (AvgIpc) is 2.90. The van der Waals surface area contributed by atoms with Gasteiger partial charge >= 0.3 is 5.97 Å². The lowest BCUT2D eigenvalue weighted by Crippen LogP contribution is -2.02. The Hall–Kier alpha value is -1.16. The number of hydrogen-bond donors (Lipinski definition) is 0. The van der Waals surface area contributed by atoms with Gasteiger partial charge in [0.05, 0.1) is 18.4 Å². The van der Waals surface area contributed by atoms with Gasteiger partial charge in [0.2, 0.25) is 0 Å². The molecule has 0 spiro atoms. The molecule has 1 aromatic rings. The molecule has 3 nitrogen and oxygen atoms in total. The van der Waals surface area contributed by atoms with Gasteiger partial charge in [-0.15, -0.1) is 11.3 Å². The van der Waals surface area contributed by atoms with E-state index in [1.807, 2.05) is 12.1 Å². The Kier molecular flexibility index (Phi) is 8.19. The first-order chi connectivity index (χ1) is 9.67. The van der Waals surface area contributed by atoms with Gasteiger partial charge in [-0.1, -0.05) is 39.0 Å². The Morgan fingerprint density at radius 1 is 1.10 bits per heavy atom. The van der Waals surface area contributed by atoms with Crippen LogP contribution in [0.5, 0.6) is 0 Å². The Balaban J connectivity index is 2.27. The molecule has 1 heterocycles. The fourth-order valence-corrected chi connectivity index (χ4v) is 2.99. The Morgan fingerprint density at radius 2 is 1.80 bits per heavy atom. The molecule has 20 heavy (non-hydrogen) atoms. The molecule has 0 aromatic carbocycles. The monoisotopic (exact) mass is 296 g/mol. The van der Waals surface area contributed by atoms with Crippen molar-refractivity contribution in [2.24, 2.45) is 0 Å². The molecule has 0 radical (unpaired) electrons. The van der Waals surface area contributed by atoms with E-state index in [1.165, 1.54) is 44.1 Å². The molecular weight excluding hydrogens is 272 g/mol. The van der Waals surface area contributed by atoms with Crippen molar-refractivity contribution in [3.63, 3.8) is 0 Å². The lowest BCUT2D eigenvalue weighted by Gasteiger charge is -2.00. The maximum atomic E-state index is 12.0. The van der Waals surface area contributed by atoms with Crippen molar-refractivity contribution in [3.05, 3.63) is 21.9 Å². The topological polar surface area (TPSA) is 43.4 Å². The molecule has 1 aromatic heterocycles. The second-order valence-electron chi connectivity index (χ2n) is 4.96. The quantitative estimate of drug-likeness (QED) is 0.365. The normalized spacial score (nSPS) is 10.5. The predicted molar refractivity (Wildman–Crippen MR) is 82.4 cm³/mol. The van der Waals surface area contributed by atoms with Crippen molar-refractivity contribution >= 4 is 23.1 Å². The molecule has 1 rings (SSSR count). The molecule has 0 aliphatic carbocycles. The number of carbonyl (C=O) groups excluding carboxylic acids is 2. The second-order valence-corrected chi connectivity index (χ2v) is 6.13. The number of unbranched alkanes of at least 4 members (excludes halogenated alkanes) is 5. The van der Waals surface area contributed by atoms with Crippen molar-refractivity contribution in [1.29, 1.82) is 0 Å². The molecule has 0 saturated heterocycles. The number of Topliss-reactive ketones (excluding diaryl/α,β-unsaturated/α-hetero) is 1. The summed E-state index contributed by atoms with van der Waals surface area (Å²) < 4.78 is 4.62. The van der Waals surface area contributed by atoms with Gasteiger partial charge in [-0.2, -0.15) is 0 Å². The summed E-state index contributed by atoms with van der Waals surface area (Å²) in [7, 11) is 1.38. The molecule has 0 saturated carbocycles. The van der Waals surface area contributed by atoms with E-state index in [9.17, 15) is 9.59 Å². The van der Waals surface area contributed by atoms with Crippen LogP contribution in [0.3, 0.4) is 0 Å². The first-order valence-corrected chi connectivity index (χ1v) is 8.17. The predicted octanol–water partition coefficient (Wildman–Crippen LogP) is 4.40. The van der Waals surface area contributed by atoms with E-state index in [0.29, 0.717) is 6.42 Å². The average molecular weight is 296 g/mol. The van der Waals surface area contributed by atoms with Crippen LogP contribution in [0.1, 0.15) is 66.4 Å². The van der Waals surface area contributed by atoms with E-state index in [4.69, 9.17) is 0 Å². The summed E-state index contributed by atoms with van der Waals surface area (Å²) in [5.41, 5.74) is 0.